The third-order valence-corrected chi connectivity index (χ3v) is 1.30. The first-order valence-electron chi connectivity index (χ1n) is 3.60. The van der Waals surface area contributed by atoms with Crippen LogP contribution in [0.1, 0.15) is 16.2 Å². The molecule has 0 aliphatic carbocycles. The number of carboxylic acid groups (broad SMARTS) is 1. The molecule has 0 radical (unpaired) electrons. The Bertz CT molecular complexity index is 420. The summed E-state index contributed by atoms with van der Waals surface area (Å²) in [6.45, 7) is -0.325. The molecule has 6 heteroatoms. The molecular weight excluding hydrogens is 186 g/mol. The Balaban J connectivity index is 3.13. The van der Waals surface area contributed by atoms with Gasteiger partial charge in [-0.05, 0) is 5.92 Å². The van der Waals surface area contributed by atoms with Gasteiger partial charge in [-0.3, -0.25) is 0 Å². The third kappa shape index (κ3) is 2.18. The minimum atomic E-state index is -1.26. The highest BCUT2D eigenvalue weighted by Crippen LogP contribution is 2.04. The molecule has 0 saturated heterocycles. The number of nitrogen functional groups attached to an aromatic ring is 1. The Hall–Kier alpha value is -2.13. The third-order valence-electron chi connectivity index (χ3n) is 1.30. The highest BCUT2D eigenvalue weighted by molar-refractivity contribution is 5.90. The zero-order valence-electron chi connectivity index (χ0n) is 7.06. The SMILES string of the molecule is Nc1ncc(C#CCO)nc1C(=O)O. The van der Waals surface area contributed by atoms with Gasteiger partial charge >= 0.3 is 5.97 Å². The quantitative estimate of drug-likeness (QED) is 0.498. The van der Waals surface area contributed by atoms with Gasteiger partial charge in [0, 0.05) is 0 Å². The summed E-state index contributed by atoms with van der Waals surface area (Å²) in [5.41, 5.74) is 5.09. The molecule has 0 unspecified atom stereocenters. The van der Waals surface area contributed by atoms with E-state index in [9.17, 15) is 4.79 Å². The number of hydrogen-bond donors (Lipinski definition) is 3. The van der Waals surface area contributed by atoms with E-state index in [4.69, 9.17) is 15.9 Å². The van der Waals surface area contributed by atoms with Gasteiger partial charge in [0.15, 0.2) is 11.5 Å². The van der Waals surface area contributed by atoms with Crippen molar-refractivity contribution in [1.82, 2.24) is 9.97 Å². The van der Waals surface area contributed by atoms with E-state index < -0.39 is 5.97 Å². The van der Waals surface area contributed by atoms with Crippen molar-refractivity contribution in [2.24, 2.45) is 0 Å². The second-order valence-electron chi connectivity index (χ2n) is 2.25. The van der Waals surface area contributed by atoms with Gasteiger partial charge in [-0.15, -0.1) is 0 Å². The smallest absolute Gasteiger partial charge is 0.358 e. The average Bonchev–Trinajstić information content (AvgIpc) is 2.16. The van der Waals surface area contributed by atoms with Crippen molar-refractivity contribution in [1.29, 1.82) is 0 Å². The Morgan fingerprint density at radius 2 is 2.36 bits per heavy atom. The van der Waals surface area contributed by atoms with E-state index in [-0.39, 0.29) is 23.8 Å². The molecule has 1 heterocycles. The van der Waals surface area contributed by atoms with Gasteiger partial charge < -0.3 is 15.9 Å². The van der Waals surface area contributed by atoms with E-state index in [0.717, 1.165) is 0 Å². The summed E-state index contributed by atoms with van der Waals surface area (Å²) in [4.78, 5) is 17.8. The first-order valence-corrected chi connectivity index (χ1v) is 3.60. The number of aliphatic hydroxyl groups excluding tert-OH is 1. The minimum absolute atomic E-state index is 0.158. The summed E-state index contributed by atoms with van der Waals surface area (Å²) in [7, 11) is 0. The van der Waals surface area contributed by atoms with Crippen LogP contribution in [-0.2, 0) is 0 Å². The molecule has 0 amide bonds. The zero-order valence-corrected chi connectivity index (χ0v) is 7.06. The number of aliphatic hydroxyl groups is 1. The molecule has 0 aromatic carbocycles. The van der Waals surface area contributed by atoms with E-state index in [1.54, 1.807) is 0 Å². The Morgan fingerprint density at radius 3 is 2.93 bits per heavy atom. The summed E-state index contributed by atoms with van der Waals surface area (Å²) < 4.78 is 0. The van der Waals surface area contributed by atoms with Crippen LogP contribution in [0, 0.1) is 11.8 Å². The van der Waals surface area contributed by atoms with Gasteiger partial charge in [0.25, 0.3) is 0 Å². The van der Waals surface area contributed by atoms with Gasteiger partial charge in [-0.25, -0.2) is 14.8 Å². The fourth-order valence-electron chi connectivity index (χ4n) is 0.746. The molecule has 6 nitrogen and oxygen atoms in total. The fourth-order valence-corrected chi connectivity index (χ4v) is 0.746. The number of carboxylic acids is 1. The van der Waals surface area contributed by atoms with Gasteiger partial charge in [0.1, 0.15) is 12.3 Å². The maximum absolute atomic E-state index is 10.6. The van der Waals surface area contributed by atoms with Gasteiger partial charge in [-0.1, -0.05) is 5.92 Å². The number of aromatic carboxylic acids is 1. The normalized spacial score (nSPS) is 8.93. The van der Waals surface area contributed by atoms with Crippen LogP contribution >= 0.6 is 0 Å². The molecule has 14 heavy (non-hydrogen) atoms. The second kappa shape index (κ2) is 4.20. The number of anilines is 1. The molecule has 4 N–H and O–H groups in total. The summed E-state index contributed by atoms with van der Waals surface area (Å²) >= 11 is 0. The van der Waals surface area contributed by atoms with Gasteiger partial charge in [0.2, 0.25) is 0 Å². The van der Waals surface area contributed by atoms with E-state index in [2.05, 4.69) is 21.8 Å². The van der Waals surface area contributed by atoms with Crippen molar-refractivity contribution in [2.45, 2.75) is 0 Å². The number of nitrogens with two attached hydrogens (primary N) is 1. The highest BCUT2D eigenvalue weighted by Gasteiger charge is 2.10. The molecule has 1 aromatic heterocycles. The number of rotatable bonds is 1. The van der Waals surface area contributed by atoms with E-state index >= 15 is 0 Å². The van der Waals surface area contributed by atoms with Crippen LogP contribution in [0.4, 0.5) is 5.82 Å². The van der Waals surface area contributed by atoms with Crippen LogP contribution in [0.15, 0.2) is 6.20 Å². The van der Waals surface area contributed by atoms with Crippen molar-refractivity contribution in [3.05, 3.63) is 17.6 Å². The van der Waals surface area contributed by atoms with Crippen molar-refractivity contribution >= 4 is 11.8 Å². The first kappa shape index (κ1) is 9.95. The number of hydrogen-bond acceptors (Lipinski definition) is 5. The van der Waals surface area contributed by atoms with Crippen LogP contribution in [0.2, 0.25) is 0 Å². The maximum Gasteiger partial charge on any atom is 0.358 e. The predicted molar refractivity (Wildman–Crippen MR) is 47.4 cm³/mol. The molecular formula is C8H7N3O3. The number of aromatic nitrogens is 2. The van der Waals surface area contributed by atoms with Gasteiger partial charge in [0.05, 0.1) is 6.20 Å². The van der Waals surface area contributed by atoms with Crippen molar-refractivity contribution in [3.8, 4) is 11.8 Å². The predicted octanol–water partition coefficient (Wildman–Crippen LogP) is -0.899. The second-order valence-corrected chi connectivity index (χ2v) is 2.25. The number of carbonyl (C=O) groups is 1. The Morgan fingerprint density at radius 1 is 1.64 bits per heavy atom. The highest BCUT2D eigenvalue weighted by atomic mass is 16.4. The van der Waals surface area contributed by atoms with E-state index in [1.807, 2.05) is 0 Å². The van der Waals surface area contributed by atoms with Crippen molar-refractivity contribution < 1.29 is 15.0 Å². The van der Waals surface area contributed by atoms with Crippen LogP contribution in [0.5, 0.6) is 0 Å². The van der Waals surface area contributed by atoms with Gasteiger partial charge in [-0.2, -0.15) is 0 Å². The van der Waals surface area contributed by atoms with E-state index in [1.165, 1.54) is 6.20 Å². The summed E-state index contributed by atoms with van der Waals surface area (Å²) in [6.07, 6.45) is 1.24. The molecule has 0 aliphatic heterocycles. The molecule has 1 aromatic rings. The summed E-state index contributed by atoms with van der Waals surface area (Å²) in [6, 6.07) is 0. The average molecular weight is 193 g/mol. The lowest BCUT2D eigenvalue weighted by Crippen LogP contribution is -2.08. The Labute approximate surface area is 79.4 Å². The molecule has 72 valence electrons. The van der Waals surface area contributed by atoms with Crippen LogP contribution in [-0.4, -0.2) is 32.8 Å². The lowest BCUT2D eigenvalue weighted by molar-refractivity contribution is 0.0691. The lowest BCUT2D eigenvalue weighted by Gasteiger charge is -1.97. The monoisotopic (exact) mass is 193 g/mol. The summed E-state index contributed by atoms with van der Waals surface area (Å²) in [5, 5.41) is 17.0. The zero-order chi connectivity index (χ0) is 10.6. The molecule has 0 spiro atoms. The molecule has 0 aliphatic rings. The topological polar surface area (TPSA) is 109 Å². The fraction of sp³-hybridized carbons (Fsp3) is 0.125. The molecule has 0 bridgehead atoms. The summed E-state index contributed by atoms with van der Waals surface area (Å²) in [5.74, 6) is 3.32. The maximum atomic E-state index is 10.6. The molecule has 0 atom stereocenters. The molecule has 0 saturated carbocycles. The van der Waals surface area contributed by atoms with Crippen LogP contribution < -0.4 is 5.73 Å². The standard InChI is InChI=1S/C8H7N3O3/c9-7-6(8(13)14)11-5(4-10-7)2-1-3-12/h4,12H,3H2,(H2,9,10)(H,13,14). The Kier molecular flexibility index (Phi) is 2.99. The largest absolute Gasteiger partial charge is 0.476 e. The molecule has 1 rings (SSSR count). The molecule has 0 fully saturated rings. The van der Waals surface area contributed by atoms with Crippen molar-refractivity contribution in [3.63, 3.8) is 0 Å². The minimum Gasteiger partial charge on any atom is -0.476 e. The van der Waals surface area contributed by atoms with Crippen molar-refractivity contribution in [2.75, 3.05) is 12.3 Å². The first-order chi connectivity index (χ1) is 6.65. The van der Waals surface area contributed by atoms with E-state index in [0.29, 0.717) is 0 Å². The number of nitrogens with zero attached hydrogens (tertiary/aromatic N) is 2. The van der Waals surface area contributed by atoms with Crippen LogP contribution in [0.25, 0.3) is 0 Å². The lowest BCUT2D eigenvalue weighted by atomic mass is 10.3. The van der Waals surface area contributed by atoms with Crippen LogP contribution in [0.3, 0.4) is 0 Å².